The molecule has 0 atom stereocenters. The molecular formula is C11H9BrFNO. The second kappa shape index (κ2) is 5.52. The lowest BCUT2D eigenvalue weighted by atomic mass is 10.2. The summed E-state index contributed by atoms with van der Waals surface area (Å²) in [4.78, 5) is 0. The summed E-state index contributed by atoms with van der Waals surface area (Å²) in [5.74, 6) is -0.402. The van der Waals surface area contributed by atoms with Crippen molar-refractivity contribution < 1.29 is 9.13 Å². The first kappa shape index (κ1) is 11.7. The van der Waals surface area contributed by atoms with Gasteiger partial charge in [0.2, 0.25) is 0 Å². The van der Waals surface area contributed by atoms with Crippen molar-refractivity contribution in [3.8, 4) is 11.8 Å². The fourth-order valence-corrected chi connectivity index (χ4v) is 1.40. The maximum Gasteiger partial charge on any atom is 0.180 e. The van der Waals surface area contributed by atoms with Crippen LogP contribution in [-0.2, 0) is 0 Å². The second-order valence-electron chi connectivity index (χ2n) is 2.78. The third kappa shape index (κ3) is 2.80. The molecule has 0 saturated heterocycles. The Bertz CT molecular complexity index is 412. The fraction of sp³-hybridized carbons (Fsp3) is 0.182. The van der Waals surface area contributed by atoms with Crippen molar-refractivity contribution in [2.75, 3.05) is 6.61 Å². The van der Waals surface area contributed by atoms with Gasteiger partial charge < -0.3 is 4.74 Å². The van der Waals surface area contributed by atoms with Crippen molar-refractivity contribution in [1.82, 2.24) is 0 Å². The van der Waals surface area contributed by atoms with Crippen LogP contribution in [-0.4, -0.2) is 6.61 Å². The summed E-state index contributed by atoms with van der Waals surface area (Å²) >= 11 is 3.00. The zero-order valence-electron chi connectivity index (χ0n) is 7.96. The SMILES string of the molecule is C=CCCOc1ccc(C#N)c(Br)c1F. The van der Waals surface area contributed by atoms with Crippen molar-refractivity contribution in [3.05, 3.63) is 40.6 Å². The van der Waals surface area contributed by atoms with Gasteiger partial charge in [-0.15, -0.1) is 6.58 Å². The van der Waals surface area contributed by atoms with Crippen LogP contribution in [0.25, 0.3) is 0 Å². The molecular weight excluding hydrogens is 261 g/mol. The summed E-state index contributed by atoms with van der Waals surface area (Å²) in [6, 6.07) is 4.83. The largest absolute Gasteiger partial charge is 0.490 e. The van der Waals surface area contributed by atoms with Crippen LogP contribution in [0.5, 0.6) is 5.75 Å². The Morgan fingerprint density at radius 3 is 2.93 bits per heavy atom. The Labute approximate surface area is 96.1 Å². The minimum Gasteiger partial charge on any atom is -0.490 e. The molecule has 1 aromatic rings. The summed E-state index contributed by atoms with van der Waals surface area (Å²) < 4.78 is 18.8. The third-order valence-electron chi connectivity index (χ3n) is 1.75. The van der Waals surface area contributed by atoms with Gasteiger partial charge in [-0.05, 0) is 34.5 Å². The number of benzene rings is 1. The first-order valence-corrected chi connectivity index (χ1v) is 5.11. The van der Waals surface area contributed by atoms with Crippen LogP contribution in [0.1, 0.15) is 12.0 Å². The highest BCUT2D eigenvalue weighted by Crippen LogP contribution is 2.28. The molecule has 0 aromatic heterocycles. The first-order chi connectivity index (χ1) is 7.20. The molecule has 0 radical (unpaired) electrons. The van der Waals surface area contributed by atoms with E-state index in [0.29, 0.717) is 13.0 Å². The van der Waals surface area contributed by atoms with Crippen LogP contribution in [0, 0.1) is 17.1 Å². The Hall–Kier alpha value is -1.34. The van der Waals surface area contributed by atoms with Gasteiger partial charge >= 0.3 is 0 Å². The van der Waals surface area contributed by atoms with Crippen molar-refractivity contribution in [2.24, 2.45) is 0 Å². The molecule has 1 rings (SSSR count). The zero-order chi connectivity index (χ0) is 11.3. The Balaban J connectivity index is 2.88. The molecule has 0 amide bonds. The Morgan fingerprint density at radius 2 is 2.33 bits per heavy atom. The normalized spacial score (nSPS) is 9.40. The summed E-state index contributed by atoms with van der Waals surface area (Å²) in [7, 11) is 0. The number of hydrogen-bond donors (Lipinski definition) is 0. The van der Waals surface area contributed by atoms with Gasteiger partial charge in [-0.3, -0.25) is 0 Å². The average Bonchev–Trinajstić information content (AvgIpc) is 2.25. The van der Waals surface area contributed by atoms with Crippen LogP contribution in [0.2, 0.25) is 0 Å². The van der Waals surface area contributed by atoms with E-state index in [1.165, 1.54) is 12.1 Å². The topological polar surface area (TPSA) is 33.0 Å². The molecule has 0 aliphatic carbocycles. The van der Waals surface area contributed by atoms with Crippen molar-refractivity contribution in [1.29, 1.82) is 5.26 Å². The highest BCUT2D eigenvalue weighted by atomic mass is 79.9. The minimum atomic E-state index is -0.543. The average molecular weight is 270 g/mol. The van der Waals surface area contributed by atoms with E-state index in [4.69, 9.17) is 10.00 Å². The minimum absolute atomic E-state index is 0.140. The van der Waals surface area contributed by atoms with Crippen LogP contribution in [0.4, 0.5) is 4.39 Å². The van der Waals surface area contributed by atoms with Crippen molar-refractivity contribution in [3.63, 3.8) is 0 Å². The van der Waals surface area contributed by atoms with E-state index in [9.17, 15) is 4.39 Å². The monoisotopic (exact) mass is 269 g/mol. The summed E-state index contributed by atoms with van der Waals surface area (Å²) in [6.45, 7) is 3.91. The van der Waals surface area contributed by atoms with E-state index in [0.717, 1.165) is 0 Å². The zero-order valence-corrected chi connectivity index (χ0v) is 9.55. The van der Waals surface area contributed by atoms with Gasteiger partial charge in [0.05, 0.1) is 16.6 Å². The van der Waals surface area contributed by atoms with Gasteiger partial charge in [-0.1, -0.05) is 6.08 Å². The van der Waals surface area contributed by atoms with Gasteiger partial charge in [0.1, 0.15) is 6.07 Å². The van der Waals surface area contributed by atoms with Gasteiger partial charge in [0, 0.05) is 0 Å². The summed E-state index contributed by atoms with van der Waals surface area (Å²) in [5.41, 5.74) is 0.253. The molecule has 2 nitrogen and oxygen atoms in total. The van der Waals surface area contributed by atoms with Crippen LogP contribution >= 0.6 is 15.9 Å². The molecule has 0 aliphatic heterocycles. The van der Waals surface area contributed by atoms with E-state index in [2.05, 4.69) is 22.5 Å². The standard InChI is InChI=1S/C11H9BrFNO/c1-2-3-6-15-9-5-4-8(7-14)10(12)11(9)13/h2,4-5H,1,3,6H2. The number of halogens is 2. The Morgan fingerprint density at radius 1 is 1.60 bits per heavy atom. The smallest absolute Gasteiger partial charge is 0.180 e. The lowest BCUT2D eigenvalue weighted by molar-refractivity contribution is 0.307. The highest BCUT2D eigenvalue weighted by Gasteiger charge is 2.11. The molecule has 4 heteroatoms. The maximum absolute atomic E-state index is 13.5. The van der Waals surface area contributed by atoms with Crippen molar-refractivity contribution >= 4 is 15.9 Å². The number of nitrogens with zero attached hydrogens (tertiary/aromatic N) is 1. The number of nitriles is 1. The molecule has 0 unspecified atom stereocenters. The van der Waals surface area contributed by atoms with E-state index in [1.807, 2.05) is 6.07 Å². The molecule has 78 valence electrons. The molecule has 0 bridgehead atoms. The number of ether oxygens (including phenoxy) is 1. The van der Waals surface area contributed by atoms with E-state index < -0.39 is 5.82 Å². The predicted molar refractivity (Wildman–Crippen MR) is 59.1 cm³/mol. The highest BCUT2D eigenvalue weighted by molar-refractivity contribution is 9.10. The maximum atomic E-state index is 13.5. The van der Waals surface area contributed by atoms with Crippen LogP contribution in [0.15, 0.2) is 29.3 Å². The van der Waals surface area contributed by atoms with Gasteiger partial charge in [0.25, 0.3) is 0 Å². The Kier molecular flexibility index (Phi) is 4.32. The molecule has 0 heterocycles. The summed E-state index contributed by atoms with van der Waals surface area (Å²) in [5, 5.41) is 8.65. The number of rotatable bonds is 4. The molecule has 0 aliphatic rings. The lowest BCUT2D eigenvalue weighted by Crippen LogP contribution is -1.99. The molecule has 0 N–H and O–H groups in total. The van der Waals surface area contributed by atoms with E-state index in [-0.39, 0.29) is 15.8 Å². The fourth-order valence-electron chi connectivity index (χ4n) is 0.982. The second-order valence-corrected chi connectivity index (χ2v) is 3.57. The van der Waals surface area contributed by atoms with Crippen molar-refractivity contribution in [2.45, 2.75) is 6.42 Å². The van der Waals surface area contributed by atoms with Gasteiger partial charge in [-0.25, -0.2) is 4.39 Å². The van der Waals surface area contributed by atoms with E-state index >= 15 is 0 Å². The van der Waals surface area contributed by atoms with Gasteiger partial charge in [-0.2, -0.15) is 5.26 Å². The molecule has 0 saturated carbocycles. The van der Waals surface area contributed by atoms with Gasteiger partial charge in [0.15, 0.2) is 11.6 Å². The molecule has 0 fully saturated rings. The molecule has 0 spiro atoms. The lowest BCUT2D eigenvalue weighted by Gasteiger charge is -2.07. The van der Waals surface area contributed by atoms with Crippen LogP contribution < -0.4 is 4.74 Å². The summed E-state index contributed by atoms with van der Waals surface area (Å²) in [6.07, 6.45) is 2.34. The quantitative estimate of drug-likeness (QED) is 0.620. The number of hydrogen-bond acceptors (Lipinski definition) is 2. The van der Waals surface area contributed by atoms with E-state index in [1.54, 1.807) is 6.08 Å². The first-order valence-electron chi connectivity index (χ1n) is 4.32. The van der Waals surface area contributed by atoms with Crippen LogP contribution in [0.3, 0.4) is 0 Å². The molecule has 15 heavy (non-hydrogen) atoms. The third-order valence-corrected chi connectivity index (χ3v) is 2.52. The predicted octanol–water partition coefficient (Wildman–Crippen LogP) is 3.41. The molecule has 1 aromatic carbocycles.